The van der Waals surface area contributed by atoms with Crippen molar-refractivity contribution in [2.45, 2.75) is 52.6 Å². The highest BCUT2D eigenvalue weighted by molar-refractivity contribution is 5.74. The Labute approximate surface area is 117 Å². The van der Waals surface area contributed by atoms with Crippen LogP contribution in [-0.2, 0) is 0 Å². The normalized spacial score (nSPS) is 15.2. The minimum absolute atomic E-state index is 0.000466. The third kappa shape index (κ3) is 7.38. The van der Waals surface area contributed by atoms with E-state index in [0.29, 0.717) is 6.42 Å². The van der Waals surface area contributed by atoms with Crippen LogP contribution in [0, 0.1) is 5.41 Å². The van der Waals surface area contributed by atoms with E-state index in [1.54, 1.807) is 0 Å². The molecule has 0 saturated carbocycles. The van der Waals surface area contributed by atoms with Crippen LogP contribution in [0.15, 0.2) is 0 Å². The summed E-state index contributed by atoms with van der Waals surface area (Å²) < 4.78 is 0. The van der Waals surface area contributed by atoms with Crippen LogP contribution >= 0.6 is 0 Å². The molecule has 0 fully saturated rings. The average molecular weight is 273 g/mol. The van der Waals surface area contributed by atoms with E-state index in [2.05, 4.69) is 29.4 Å². The molecular formula is C14H31N3O2. The van der Waals surface area contributed by atoms with Gasteiger partial charge in [0.05, 0.1) is 0 Å². The molecule has 0 saturated heterocycles. The standard InChI is InChI=1S/C14H31N3O2/c1-7-12(8-9-18)16-13(19)15-11(2)14(3,4)10-17(5)6/h11-12,18H,7-10H2,1-6H3,(H2,15,16,19). The Balaban J connectivity index is 4.31. The van der Waals surface area contributed by atoms with Crippen LogP contribution in [0.5, 0.6) is 0 Å². The van der Waals surface area contributed by atoms with Gasteiger partial charge in [-0.05, 0) is 39.3 Å². The quantitative estimate of drug-likeness (QED) is 0.627. The smallest absolute Gasteiger partial charge is 0.315 e. The Morgan fingerprint density at radius 1 is 1.32 bits per heavy atom. The van der Waals surface area contributed by atoms with Gasteiger partial charge in [-0.1, -0.05) is 20.8 Å². The van der Waals surface area contributed by atoms with Gasteiger partial charge in [0.15, 0.2) is 0 Å². The maximum Gasteiger partial charge on any atom is 0.315 e. The second-order valence-electron chi connectivity index (χ2n) is 6.18. The van der Waals surface area contributed by atoms with Crippen LogP contribution in [-0.4, -0.2) is 55.4 Å². The average Bonchev–Trinajstić information content (AvgIpc) is 2.26. The van der Waals surface area contributed by atoms with Gasteiger partial charge in [0, 0.05) is 25.2 Å². The minimum Gasteiger partial charge on any atom is -0.396 e. The third-order valence-corrected chi connectivity index (χ3v) is 3.55. The van der Waals surface area contributed by atoms with E-state index >= 15 is 0 Å². The Kier molecular flexibility index (Phi) is 8.02. The number of aliphatic hydroxyl groups excluding tert-OH is 1. The van der Waals surface area contributed by atoms with Crippen LogP contribution in [0.2, 0.25) is 0 Å². The number of amides is 2. The molecule has 0 bridgehead atoms. The number of carbonyl (C=O) groups excluding carboxylic acids is 1. The topological polar surface area (TPSA) is 64.6 Å². The predicted molar refractivity (Wildman–Crippen MR) is 79.2 cm³/mol. The molecule has 2 amide bonds. The minimum atomic E-state index is -0.153. The molecule has 0 aliphatic rings. The van der Waals surface area contributed by atoms with Gasteiger partial charge in [0.1, 0.15) is 0 Å². The molecule has 0 aromatic heterocycles. The summed E-state index contributed by atoms with van der Waals surface area (Å²) in [5.41, 5.74) is -0.000466. The maximum absolute atomic E-state index is 11.9. The zero-order chi connectivity index (χ0) is 15.1. The van der Waals surface area contributed by atoms with Gasteiger partial charge in [0.2, 0.25) is 0 Å². The molecule has 2 atom stereocenters. The number of nitrogens with zero attached hydrogens (tertiary/aromatic N) is 1. The SMILES string of the molecule is CCC(CCO)NC(=O)NC(C)C(C)(C)CN(C)C. The van der Waals surface area contributed by atoms with Gasteiger partial charge in [0.25, 0.3) is 0 Å². The molecule has 0 aromatic rings. The fourth-order valence-corrected chi connectivity index (χ4v) is 2.11. The molecule has 0 rings (SSSR count). The zero-order valence-electron chi connectivity index (χ0n) is 13.3. The maximum atomic E-state index is 11.9. The first kappa shape index (κ1) is 18.2. The van der Waals surface area contributed by atoms with Crippen LogP contribution in [0.25, 0.3) is 0 Å². The number of hydrogen-bond donors (Lipinski definition) is 3. The Hall–Kier alpha value is -0.810. The van der Waals surface area contributed by atoms with Crippen molar-refractivity contribution in [3.05, 3.63) is 0 Å². The molecule has 0 heterocycles. The summed E-state index contributed by atoms with van der Waals surface area (Å²) in [6.45, 7) is 9.31. The molecule has 5 heteroatoms. The Bertz CT molecular complexity index is 267. The van der Waals surface area contributed by atoms with E-state index in [-0.39, 0.29) is 30.1 Å². The number of hydrogen-bond acceptors (Lipinski definition) is 3. The van der Waals surface area contributed by atoms with E-state index in [1.165, 1.54) is 0 Å². The summed E-state index contributed by atoms with van der Waals surface area (Å²) in [7, 11) is 4.06. The van der Waals surface area contributed by atoms with Crippen molar-refractivity contribution in [3.8, 4) is 0 Å². The molecule has 2 unspecified atom stereocenters. The zero-order valence-corrected chi connectivity index (χ0v) is 13.3. The molecule has 0 aliphatic heterocycles. The van der Waals surface area contributed by atoms with E-state index in [0.717, 1.165) is 13.0 Å². The van der Waals surface area contributed by atoms with E-state index in [9.17, 15) is 4.79 Å². The molecule has 0 aromatic carbocycles. The van der Waals surface area contributed by atoms with Gasteiger partial charge in [-0.15, -0.1) is 0 Å². The van der Waals surface area contributed by atoms with Crippen molar-refractivity contribution < 1.29 is 9.90 Å². The molecule has 3 N–H and O–H groups in total. The van der Waals surface area contributed by atoms with E-state index in [4.69, 9.17) is 5.11 Å². The highest BCUT2D eigenvalue weighted by Crippen LogP contribution is 2.21. The number of rotatable bonds is 8. The lowest BCUT2D eigenvalue weighted by atomic mass is 9.85. The van der Waals surface area contributed by atoms with Crippen molar-refractivity contribution >= 4 is 6.03 Å². The summed E-state index contributed by atoms with van der Waals surface area (Å²) in [6, 6.07) is -0.0460. The summed E-state index contributed by atoms with van der Waals surface area (Å²) in [5, 5.41) is 14.8. The highest BCUT2D eigenvalue weighted by atomic mass is 16.3. The molecule has 0 aliphatic carbocycles. The van der Waals surface area contributed by atoms with Crippen molar-refractivity contribution in [2.24, 2.45) is 5.41 Å². The van der Waals surface area contributed by atoms with Crippen molar-refractivity contribution in [1.82, 2.24) is 15.5 Å². The second kappa shape index (κ2) is 8.38. The fraction of sp³-hybridized carbons (Fsp3) is 0.929. The first-order valence-electron chi connectivity index (χ1n) is 7.05. The fourth-order valence-electron chi connectivity index (χ4n) is 2.11. The van der Waals surface area contributed by atoms with E-state index < -0.39 is 0 Å². The van der Waals surface area contributed by atoms with Gasteiger partial charge < -0.3 is 20.6 Å². The number of urea groups is 1. The molecule has 0 spiro atoms. The highest BCUT2D eigenvalue weighted by Gasteiger charge is 2.28. The lowest BCUT2D eigenvalue weighted by Crippen LogP contribution is -2.52. The van der Waals surface area contributed by atoms with Gasteiger partial charge in [-0.25, -0.2) is 4.79 Å². The predicted octanol–water partition coefficient (Wildman–Crippen LogP) is 1.42. The van der Waals surface area contributed by atoms with Crippen LogP contribution in [0.1, 0.15) is 40.5 Å². The summed E-state index contributed by atoms with van der Waals surface area (Å²) in [6.07, 6.45) is 1.42. The molecule has 19 heavy (non-hydrogen) atoms. The van der Waals surface area contributed by atoms with Crippen LogP contribution in [0.3, 0.4) is 0 Å². The van der Waals surface area contributed by atoms with Crippen molar-refractivity contribution in [1.29, 1.82) is 0 Å². The monoisotopic (exact) mass is 273 g/mol. The first-order chi connectivity index (χ1) is 8.72. The van der Waals surface area contributed by atoms with Gasteiger partial charge in [-0.3, -0.25) is 0 Å². The largest absolute Gasteiger partial charge is 0.396 e. The first-order valence-corrected chi connectivity index (χ1v) is 7.05. The molecule has 114 valence electrons. The number of carbonyl (C=O) groups is 1. The summed E-state index contributed by atoms with van der Waals surface area (Å²) >= 11 is 0. The van der Waals surface area contributed by atoms with E-state index in [1.807, 2.05) is 27.9 Å². The van der Waals surface area contributed by atoms with Gasteiger partial charge >= 0.3 is 6.03 Å². The Morgan fingerprint density at radius 2 is 1.89 bits per heavy atom. The lowest BCUT2D eigenvalue weighted by Gasteiger charge is -2.35. The van der Waals surface area contributed by atoms with Crippen molar-refractivity contribution in [2.75, 3.05) is 27.2 Å². The number of aliphatic hydroxyl groups is 1. The second-order valence-corrected chi connectivity index (χ2v) is 6.18. The van der Waals surface area contributed by atoms with Crippen LogP contribution in [0.4, 0.5) is 4.79 Å². The molecular weight excluding hydrogens is 242 g/mol. The summed E-state index contributed by atoms with van der Waals surface area (Å²) in [5.74, 6) is 0. The van der Waals surface area contributed by atoms with Gasteiger partial charge in [-0.2, -0.15) is 0 Å². The third-order valence-electron chi connectivity index (χ3n) is 3.55. The molecule has 5 nitrogen and oxygen atoms in total. The van der Waals surface area contributed by atoms with Crippen molar-refractivity contribution in [3.63, 3.8) is 0 Å². The van der Waals surface area contributed by atoms with Crippen LogP contribution < -0.4 is 10.6 Å². The summed E-state index contributed by atoms with van der Waals surface area (Å²) in [4.78, 5) is 14.0. The Morgan fingerprint density at radius 3 is 2.32 bits per heavy atom. The lowest BCUT2D eigenvalue weighted by molar-refractivity contribution is 0.177. The number of nitrogens with one attached hydrogen (secondary N) is 2. The molecule has 0 radical (unpaired) electrons.